The summed E-state index contributed by atoms with van der Waals surface area (Å²) >= 11 is 6.14. The summed E-state index contributed by atoms with van der Waals surface area (Å²) in [4.78, 5) is 11.8. The molecule has 0 bridgehead atoms. The highest BCUT2D eigenvalue weighted by atomic mass is 35.5. The molecular formula is C18H19ClN2O3. The van der Waals surface area contributed by atoms with Crippen LogP contribution in [0.1, 0.15) is 25.0 Å². The van der Waals surface area contributed by atoms with Gasteiger partial charge in [-0.05, 0) is 55.3 Å². The minimum Gasteiger partial charge on any atom is -0.508 e. The van der Waals surface area contributed by atoms with Crippen molar-refractivity contribution < 1.29 is 14.6 Å². The van der Waals surface area contributed by atoms with Crippen molar-refractivity contribution in [3.8, 4) is 11.5 Å². The van der Waals surface area contributed by atoms with Crippen molar-refractivity contribution in [2.45, 2.75) is 26.4 Å². The lowest BCUT2D eigenvalue weighted by Crippen LogP contribution is -2.19. The number of hydrogen-bond donors (Lipinski definition) is 2. The Labute approximate surface area is 145 Å². The van der Waals surface area contributed by atoms with Gasteiger partial charge in [0.1, 0.15) is 11.5 Å². The van der Waals surface area contributed by atoms with Gasteiger partial charge in [0.15, 0.2) is 0 Å². The maximum Gasteiger partial charge on any atom is 0.244 e. The Balaban J connectivity index is 1.90. The van der Waals surface area contributed by atoms with Gasteiger partial charge in [0.05, 0.1) is 23.8 Å². The number of aromatic hydroxyl groups is 1. The summed E-state index contributed by atoms with van der Waals surface area (Å²) in [6.45, 7) is 3.85. The van der Waals surface area contributed by atoms with Crippen LogP contribution in [-0.4, -0.2) is 23.3 Å². The monoisotopic (exact) mass is 346 g/mol. The first-order valence-electron chi connectivity index (χ1n) is 7.50. The molecule has 0 aliphatic carbocycles. The first-order valence-corrected chi connectivity index (χ1v) is 7.88. The summed E-state index contributed by atoms with van der Waals surface area (Å²) in [5, 5.41) is 13.6. The largest absolute Gasteiger partial charge is 0.508 e. The number of carbonyl (C=O) groups excluding carboxylic acids is 1. The molecule has 1 amide bonds. The minimum absolute atomic E-state index is 0.0428. The summed E-state index contributed by atoms with van der Waals surface area (Å²) in [6.07, 6.45) is 1.74. The number of halogens is 1. The molecule has 0 aliphatic heterocycles. The molecule has 0 heterocycles. The number of benzene rings is 2. The highest BCUT2D eigenvalue weighted by Crippen LogP contribution is 2.25. The van der Waals surface area contributed by atoms with Crippen LogP contribution in [0.4, 0.5) is 0 Å². The summed E-state index contributed by atoms with van der Waals surface area (Å²) in [5.41, 5.74) is 4.00. The second-order valence-electron chi connectivity index (χ2n) is 5.49. The van der Waals surface area contributed by atoms with Crippen molar-refractivity contribution in [2.24, 2.45) is 5.10 Å². The van der Waals surface area contributed by atoms with Gasteiger partial charge in [0, 0.05) is 0 Å². The molecule has 0 spiro atoms. The molecule has 0 saturated carbocycles. The molecule has 5 nitrogen and oxygen atoms in total. The zero-order valence-electron chi connectivity index (χ0n) is 13.5. The summed E-state index contributed by atoms with van der Waals surface area (Å²) in [7, 11) is 0. The molecule has 6 heteroatoms. The van der Waals surface area contributed by atoms with Gasteiger partial charge in [0.2, 0.25) is 5.91 Å². The van der Waals surface area contributed by atoms with Crippen LogP contribution in [0.5, 0.6) is 11.5 Å². The van der Waals surface area contributed by atoms with Gasteiger partial charge in [-0.3, -0.25) is 4.79 Å². The van der Waals surface area contributed by atoms with Crippen molar-refractivity contribution in [3.05, 3.63) is 58.6 Å². The number of carbonyl (C=O) groups is 1. The maximum absolute atomic E-state index is 11.8. The molecule has 0 saturated heterocycles. The van der Waals surface area contributed by atoms with E-state index in [4.69, 9.17) is 16.3 Å². The van der Waals surface area contributed by atoms with Gasteiger partial charge in [-0.2, -0.15) is 5.10 Å². The molecule has 0 radical (unpaired) electrons. The van der Waals surface area contributed by atoms with E-state index in [0.717, 1.165) is 11.1 Å². The number of rotatable bonds is 6. The van der Waals surface area contributed by atoms with Gasteiger partial charge in [-0.1, -0.05) is 23.7 Å². The second kappa shape index (κ2) is 8.36. The smallest absolute Gasteiger partial charge is 0.244 e. The van der Waals surface area contributed by atoms with Crippen LogP contribution in [-0.2, 0) is 11.2 Å². The fourth-order valence-electron chi connectivity index (χ4n) is 1.96. The van der Waals surface area contributed by atoms with Crippen LogP contribution in [0.25, 0.3) is 0 Å². The standard InChI is InChI=1S/C18H19ClN2O3/c1-12(2)24-17-8-5-14(9-16(17)19)11-20-21-18(23)10-13-3-6-15(22)7-4-13/h3-9,11-12,22H,10H2,1-2H3,(H,21,23)/b20-11-. The number of phenolic OH excluding ortho intramolecular Hbond substituents is 1. The quantitative estimate of drug-likeness (QED) is 0.621. The van der Waals surface area contributed by atoms with E-state index in [2.05, 4.69) is 10.5 Å². The van der Waals surface area contributed by atoms with Gasteiger partial charge >= 0.3 is 0 Å². The lowest BCUT2D eigenvalue weighted by Gasteiger charge is -2.11. The van der Waals surface area contributed by atoms with Crippen molar-refractivity contribution in [3.63, 3.8) is 0 Å². The van der Waals surface area contributed by atoms with E-state index in [1.54, 1.807) is 30.3 Å². The third-order valence-corrected chi connectivity index (χ3v) is 3.32. The summed E-state index contributed by atoms with van der Waals surface area (Å²) in [5.74, 6) is 0.530. The molecule has 2 rings (SSSR count). The van der Waals surface area contributed by atoms with E-state index in [0.29, 0.717) is 10.8 Å². The molecule has 0 atom stereocenters. The number of nitrogens with zero attached hydrogens (tertiary/aromatic N) is 1. The Morgan fingerprint density at radius 1 is 1.29 bits per heavy atom. The van der Waals surface area contributed by atoms with Crippen LogP contribution < -0.4 is 10.2 Å². The molecule has 126 valence electrons. The van der Waals surface area contributed by atoms with E-state index in [-0.39, 0.29) is 24.2 Å². The van der Waals surface area contributed by atoms with E-state index in [1.165, 1.54) is 18.3 Å². The van der Waals surface area contributed by atoms with Crippen molar-refractivity contribution in [2.75, 3.05) is 0 Å². The molecule has 0 aliphatic rings. The van der Waals surface area contributed by atoms with Crippen LogP contribution in [0, 0.1) is 0 Å². The van der Waals surface area contributed by atoms with Gasteiger partial charge < -0.3 is 9.84 Å². The number of amides is 1. The van der Waals surface area contributed by atoms with E-state index >= 15 is 0 Å². The second-order valence-corrected chi connectivity index (χ2v) is 5.90. The summed E-state index contributed by atoms with van der Waals surface area (Å²) < 4.78 is 5.55. The Morgan fingerprint density at radius 3 is 2.62 bits per heavy atom. The zero-order chi connectivity index (χ0) is 17.5. The molecule has 0 unspecified atom stereocenters. The first-order chi connectivity index (χ1) is 11.4. The molecule has 2 aromatic carbocycles. The first kappa shape index (κ1) is 17.8. The lowest BCUT2D eigenvalue weighted by molar-refractivity contribution is -0.120. The lowest BCUT2D eigenvalue weighted by atomic mass is 10.1. The fraction of sp³-hybridized carbons (Fsp3) is 0.222. The third-order valence-electron chi connectivity index (χ3n) is 3.02. The highest BCUT2D eigenvalue weighted by molar-refractivity contribution is 6.32. The van der Waals surface area contributed by atoms with E-state index in [9.17, 15) is 9.90 Å². The maximum atomic E-state index is 11.8. The van der Waals surface area contributed by atoms with E-state index < -0.39 is 0 Å². The Morgan fingerprint density at radius 2 is 2.00 bits per heavy atom. The Kier molecular flexibility index (Phi) is 6.21. The van der Waals surface area contributed by atoms with Crippen LogP contribution in [0.2, 0.25) is 5.02 Å². The predicted molar refractivity (Wildman–Crippen MR) is 94.8 cm³/mol. The van der Waals surface area contributed by atoms with Crippen molar-refractivity contribution in [1.29, 1.82) is 0 Å². The number of hydrogen-bond acceptors (Lipinski definition) is 4. The van der Waals surface area contributed by atoms with Gasteiger partial charge in [0.25, 0.3) is 0 Å². The zero-order valence-corrected chi connectivity index (χ0v) is 14.2. The van der Waals surface area contributed by atoms with E-state index in [1.807, 2.05) is 13.8 Å². The minimum atomic E-state index is -0.247. The average Bonchev–Trinajstić information content (AvgIpc) is 2.52. The predicted octanol–water partition coefficient (Wildman–Crippen LogP) is 3.53. The van der Waals surface area contributed by atoms with Gasteiger partial charge in [-0.25, -0.2) is 5.43 Å². The molecule has 2 aromatic rings. The van der Waals surface area contributed by atoms with Crippen molar-refractivity contribution in [1.82, 2.24) is 5.43 Å². The highest BCUT2D eigenvalue weighted by Gasteiger charge is 2.05. The Hall–Kier alpha value is -2.53. The van der Waals surface area contributed by atoms with Crippen LogP contribution in [0.3, 0.4) is 0 Å². The van der Waals surface area contributed by atoms with Crippen molar-refractivity contribution >= 4 is 23.7 Å². The SMILES string of the molecule is CC(C)Oc1ccc(/C=N\NC(=O)Cc2ccc(O)cc2)cc1Cl. The van der Waals surface area contributed by atoms with Crippen LogP contribution >= 0.6 is 11.6 Å². The van der Waals surface area contributed by atoms with Gasteiger partial charge in [-0.15, -0.1) is 0 Å². The number of nitrogens with one attached hydrogen (secondary N) is 1. The Bertz CT molecular complexity index is 728. The number of hydrazone groups is 1. The third kappa shape index (κ3) is 5.59. The molecular weight excluding hydrogens is 328 g/mol. The molecule has 2 N–H and O–H groups in total. The van der Waals surface area contributed by atoms with Crippen LogP contribution in [0.15, 0.2) is 47.6 Å². The summed E-state index contributed by atoms with van der Waals surface area (Å²) in [6, 6.07) is 11.7. The fourth-order valence-corrected chi connectivity index (χ4v) is 2.20. The molecule has 0 aromatic heterocycles. The molecule has 24 heavy (non-hydrogen) atoms. The number of ether oxygens (including phenoxy) is 1. The number of phenols is 1. The average molecular weight is 347 g/mol. The molecule has 0 fully saturated rings. The normalized spacial score (nSPS) is 11.0. The topological polar surface area (TPSA) is 70.9 Å².